The van der Waals surface area contributed by atoms with Gasteiger partial charge in [0.2, 0.25) is 5.82 Å². The van der Waals surface area contributed by atoms with Crippen LogP contribution in [0.1, 0.15) is 62.1 Å². The molecule has 0 radical (unpaired) electrons. The van der Waals surface area contributed by atoms with Gasteiger partial charge in [-0.2, -0.15) is 4.39 Å². The molecule has 0 fully saturated rings. The standard InChI is InChI=1S/C11H8FN3O4.C11H9FN2O3.C9H9FN2O5.C9H5FN2O3.C8H4F3NO4.C8H5F3O2/c12-5-3-6-9(14-2-1-13-6)8(10(5)18)11(19)15-4-7(16)17;1-16-10-6(12)5-7-9(14-4-3-13-7)8(10)11(15)17-2;1-16-8-4(10)3-5(12(14)15)7(11)6(8)9(13)17-2;10-4-3-5-7(12-2-1-11-5)6(8(4)13)9(14)15;1-16-8(13)5-6(10)3(9)2-4(7(5)11)12(14)15;1-13-8(12)6-4(9)2-3-5(10)7(6)11/h1-3,18H,4H2,(H,15,19)(H,16,17);3-5H,1-2H3;3H,11H2,1-2H3;1-3,13H,(H,14,15);2H,1H3;2-3H,1H3. The number of esters is 4. The van der Waals surface area contributed by atoms with E-state index in [0.29, 0.717) is 18.2 Å². The van der Waals surface area contributed by atoms with Crippen molar-refractivity contribution in [2.75, 3.05) is 54.9 Å². The number of hydrogen-bond donors (Lipinski definition) is 6. The van der Waals surface area contributed by atoms with E-state index in [4.69, 9.17) is 20.7 Å². The fourth-order valence-electron chi connectivity index (χ4n) is 7.46. The van der Waals surface area contributed by atoms with Crippen LogP contribution in [0.25, 0.3) is 33.1 Å². The van der Waals surface area contributed by atoms with Crippen LogP contribution in [0, 0.1) is 78.4 Å². The lowest BCUT2D eigenvalue weighted by Gasteiger charge is -2.10. The lowest BCUT2D eigenvalue weighted by molar-refractivity contribution is -0.387. The summed E-state index contributed by atoms with van der Waals surface area (Å²) in [6.07, 6.45) is 7.98. The number of rotatable bonds is 12. The number of amides is 1. The van der Waals surface area contributed by atoms with Crippen molar-refractivity contribution in [1.29, 1.82) is 0 Å². The maximum absolute atomic E-state index is 13.7. The smallest absolute Gasteiger partial charge is 0.344 e. The Kier molecular flexibility index (Phi) is 26.6. The number of nitrogens with one attached hydrogen (secondary N) is 1. The van der Waals surface area contributed by atoms with Crippen LogP contribution in [0.5, 0.6) is 23.0 Å². The highest BCUT2D eigenvalue weighted by Gasteiger charge is 2.32. The van der Waals surface area contributed by atoms with E-state index in [0.717, 1.165) is 46.6 Å². The minimum absolute atomic E-state index is 0.00992. The van der Waals surface area contributed by atoms with Crippen LogP contribution in [-0.4, -0.2) is 151 Å². The van der Waals surface area contributed by atoms with Crippen LogP contribution < -0.4 is 20.5 Å². The second-order valence-electron chi connectivity index (χ2n) is 17.4. The van der Waals surface area contributed by atoms with Gasteiger partial charge in [0.05, 0.1) is 81.2 Å². The number of hydrogen-bond acceptors (Lipinski definition) is 26. The average molecular weight is 1380 g/mol. The molecule has 9 aromatic rings. The third-order valence-corrected chi connectivity index (χ3v) is 11.7. The Morgan fingerprint density at radius 3 is 1.26 bits per heavy atom. The molecule has 1 amide bonds. The highest BCUT2D eigenvalue weighted by molar-refractivity contribution is 6.08. The first-order chi connectivity index (χ1) is 45.7. The van der Waals surface area contributed by atoms with E-state index in [9.17, 15) is 108 Å². The lowest BCUT2D eigenvalue weighted by Crippen LogP contribution is -2.29. The first kappa shape index (κ1) is 76.2. The first-order valence-electron chi connectivity index (χ1n) is 25.2. The minimum Gasteiger partial charge on any atom is -0.504 e. The van der Waals surface area contributed by atoms with Crippen molar-refractivity contribution in [1.82, 2.24) is 35.2 Å². The highest BCUT2D eigenvalue weighted by atomic mass is 19.2. The van der Waals surface area contributed by atoms with Gasteiger partial charge in [-0.25, -0.2) is 63.5 Å². The number of aromatic hydroxyl groups is 2. The molecule has 0 aliphatic rings. The number of nitro groups is 2. The number of nitro benzene ring substituents is 2. The number of carboxylic acid groups (broad SMARTS) is 2. The molecule has 31 nitrogen and oxygen atoms in total. The first-order valence-corrected chi connectivity index (χ1v) is 25.2. The largest absolute Gasteiger partial charge is 0.504 e. The summed E-state index contributed by atoms with van der Waals surface area (Å²) in [7, 11) is 6.38. The zero-order valence-electron chi connectivity index (χ0n) is 49.4. The molecular weight excluding hydrogens is 1340 g/mol. The van der Waals surface area contributed by atoms with E-state index in [2.05, 4.69) is 53.6 Å². The van der Waals surface area contributed by atoms with E-state index in [1.807, 2.05) is 5.32 Å². The number of carbonyl (C=O) groups is 7. The van der Waals surface area contributed by atoms with Crippen molar-refractivity contribution in [2.45, 2.75) is 0 Å². The molecule has 0 spiro atoms. The number of ether oxygens (including phenoxy) is 6. The molecular formula is C56H40F10N10O21. The number of methoxy groups -OCH3 is 6. The summed E-state index contributed by atoms with van der Waals surface area (Å²) in [5, 5.41) is 59.0. The molecule has 9 rings (SSSR count). The van der Waals surface area contributed by atoms with E-state index in [1.54, 1.807) is 0 Å². The fourth-order valence-corrected chi connectivity index (χ4v) is 7.46. The molecule has 7 N–H and O–H groups in total. The van der Waals surface area contributed by atoms with Gasteiger partial charge in [-0.05, 0) is 12.1 Å². The van der Waals surface area contributed by atoms with Gasteiger partial charge in [0.25, 0.3) is 11.6 Å². The topological polar surface area (TPSA) is 457 Å². The molecule has 41 heteroatoms. The molecule has 3 aromatic heterocycles. The van der Waals surface area contributed by atoms with Crippen molar-refractivity contribution < 1.29 is 136 Å². The van der Waals surface area contributed by atoms with Crippen LogP contribution in [0.4, 0.5) is 61.0 Å². The van der Waals surface area contributed by atoms with Crippen LogP contribution >= 0.6 is 0 Å². The van der Waals surface area contributed by atoms with Crippen molar-refractivity contribution in [3.05, 3.63) is 191 Å². The maximum Gasteiger partial charge on any atom is 0.344 e. The Hall–Kier alpha value is -13.3. The van der Waals surface area contributed by atoms with Gasteiger partial charge in [0.1, 0.15) is 68.0 Å². The van der Waals surface area contributed by atoms with E-state index < -0.39 is 178 Å². The number of halogens is 10. The number of fused-ring (bicyclic) bond motifs is 3. The van der Waals surface area contributed by atoms with Crippen molar-refractivity contribution >= 4 is 91.9 Å². The van der Waals surface area contributed by atoms with Crippen LogP contribution in [0.2, 0.25) is 0 Å². The Morgan fingerprint density at radius 1 is 0.454 bits per heavy atom. The SMILES string of the molecule is COC(=O)c1c(F)c(F)cc([N+](=O)[O-])c1F.COC(=O)c1c(F)ccc(F)c1F.COC(=O)c1c(N)c([N+](=O)[O-])cc(F)c1OC.COC(=O)c1c(OC)c(F)cc2nccnc12.O=C(O)CNC(=O)c1c(O)c(F)cc2nccnc12.O=C(O)c1c(O)c(F)cc2nccnc12. The molecule has 97 heavy (non-hydrogen) atoms. The fraction of sp³-hybridized carbons (Fsp3) is 0.125. The normalized spacial score (nSPS) is 10.1. The summed E-state index contributed by atoms with van der Waals surface area (Å²) in [6.45, 7) is -0.656. The number of nitrogen functional groups attached to an aromatic ring is 1. The van der Waals surface area contributed by atoms with Crippen LogP contribution in [0.15, 0.2) is 79.6 Å². The van der Waals surface area contributed by atoms with Crippen LogP contribution in [0.3, 0.4) is 0 Å². The number of nitrogens with two attached hydrogens (primary N) is 1. The van der Waals surface area contributed by atoms with Crippen molar-refractivity contribution in [3.8, 4) is 23.0 Å². The number of phenols is 2. The summed E-state index contributed by atoms with van der Waals surface area (Å²) in [6, 6.07) is 4.92. The molecule has 510 valence electrons. The Balaban J connectivity index is 0.000000248. The van der Waals surface area contributed by atoms with E-state index >= 15 is 0 Å². The van der Waals surface area contributed by atoms with Crippen LogP contribution in [-0.2, 0) is 23.7 Å². The highest BCUT2D eigenvalue weighted by Crippen LogP contribution is 2.37. The predicted octanol–water partition coefficient (Wildman–Crippen LogP) is 7.83. The molecule has 0 saturated carbocycles. The number of anilines is 1. The number of nitrogens with zero attached hydrogens (tertiary/aromatic N) is 8. The van der Waals surface area contributed by atoms with Gasteiger partial charge in [-0.1, -0.05) is 0 Å². The van der Waals surface area contributed by atoms with Gasteiger partial charge in [0, 0.05) is 55.4 Å². The second kappa shape index (κ2) is 33.9. The van der Waals surface area contributed by atoms with Gasteiger partial charge in [0.15, 0.2) is 69.5 Å². The molecule has 0 bridgehead atoms. The number of carboxylic acids is 2. The van der Waals surface area contributed by atoms with Gasteiger partial charge in [-0.3, -0.25) is 59.7 Å². The number of aromatic nitrogens is 6. The second-order valence-corrected chi connectivity index (χ2v) is 17.4. The summed E-state index contributed by atoms with van der Waals surface area (Å²) < 4.78 is 157. The van der Waals surface area contributed by atoms with E-state index in [1.165, 1.54) is 51.4 Å². The third-order valence-electron chi connectivity index (χ3n) is 11.7. The summed E-state index contributed by atoms with van der Waals surface area (Å²) in [4.78, 5) is 119. The monoisotopic (exact) mass is 1380 g/mol. The summed E-state index contributed by atoms with van der Waals surface area (Å²) >= 11 is 0. The van der Waals surface area contributed by atoms with Crippen molar-refractivity contribution in [3.63, 3.8) is 0 Å². The van der Waals surface area contributed by atoms with Gasteiger partial charge in [-0.15, -0.1) is 0 Å². The third kappa shape index (κ3) is 17.9. The Morgan fingerprint density at radius 2 is 0.814 bits per heavy atom. The zero-order valence-corrected chi connectivity index (χ0v) is 49.4. The van der Waals surface area contributed by atoms with Crippen molar-refractivity contribution in [2.24, 2.45) is 0 Å². The number of aliphatic carboxylic acids is 1. The maximum atomic E-state index is 13.7. The van der Waals surface area contributed by atoms with Gasteiger partial charge < -0.3 is 59.9 Å². The number of phenolic OH excluding ortho intramolecular Hbond substituents is 1. The number of aromatic carboxylic acids is 1. The quantitative estimate of drug-likeness (QED) is 0.0129. The Bertz CT molecular complexity index is 4600. The molecule has 6 aromatic carbocycles. The molecule has 0 unspecified atom stereocenters. The Labute approximate surface area is 531 Å². The average Bonchev–Trinajstić information content (AvgIpc) is 0.827. The molecule has 0 aliphatic heterocycles. The minimum atomic E-state index is -1.82. The molecule has 0 saturated heterocycles. The van der Waals surface area contributed by atoms with E-state index in [-0.39, 0.29) is 50.5 Å². The van der Waals surface area contributed by atoms with Gasteiger partial charge >= 0.3 is 41.5 Å². The number of carbonyl (C=O) groups excluding carboxylic acids is 5. The summed E-state index contributed by atoms with van der Waals surface area (Å²) in [5.41, 5.74) is -0.497. The lowest BCUT2D eigenvalue weighted by atomic mass is 10.1. The number of benzene rings is 6. The summed E-state index contributed by atoms with van der Waals surface area (Å²) in [5.74, 6) is -23.7. The molecule has 0 atom stereocenters. The molecule has 3 heterocycles. The molecule has 0 aliphatic carbocycles. The zero-order chi connectivity index (χ0) is 73.0. The predicted molar refractivity (Wildman–Crippen MR) is 304 cm³/mol.